The summed E-state index contributed by atoms with van der Waals surface area (Å²) in [6.07, 6.45) is -2.44. The van der Waals surface area contributed by atoms with Gasteiger partial charge in [0, 0.05) is 17.4 Å². The highest BCUT2D eigenvalue weighted by atomic mass is 32.1. The Morgan fingerprint density at radius 2 is 1.93 bits per heavy atom. The highest BCUT2D eigenvalue weighted by molar-refractivity contribution is 7.17. The second-order valence-corrected chi connectivity index (χ2v) is 12.6. The zero-order valence-corrected chi connectivity index (χ0v) is 23.7. The Morgan fingerprint density at radius 1 is 1.20 bits per heavy atom. The molecule has 3 heterocycles. The molecule has 0 saturated heterocycles. The van der Waals surface area contributed by atoms with Gasteiger partial charge in [-0.2, -0.15) is 18.3 Å². The van der Waals surface area contributed by atoms with E-state index >= 15 is 0 Å². The molecule has 0 fully saturated rings. The lowest BCUT2D eigenvalue weighted by molar-refractivity contribution is -0.173. The van der Waals surface area contributed by atoms with Crippen LogP contribution in [0.4, 0.5) is 24.0 Å². The molecule has 3 atom stereocenters. The molecule has 0 unspecified atom stereocenters. The molecule has 40 heavy (non-hydrogen) atoms. The molecule has 0 bridgehead atoms. The summed E-state index contributed by atoms with van der Waals surface area (Å²) in [5, 5.41) is 10.3. The highest BCUT2D eigenvalue weighted by Gasteiger charge is 2.47. The van der Waals surface area contributed by atoms with Crippen LogP contribution in [0.2, 0.25) is 0 Å². The van der Waals surface area contributed by atoms with Crippen LogP contribution in [-0.2, 0) is 17.6 Å². The lowest BCUT2D eigenvalue weighted by Crippen LogP contribution is -2.35. The second-order valence-electron chi connectivity index (χ2n) is 11.4. The van der Waals surface area contributed by atoms with Crippen LogP contribution in [0.1, 0.15) is 89.5 Å². The molecule has 0 saturated carbocycles. The molecule has 5 rings (SSSR count). The Balaban J connectivity index is 1.45. The van der Waals surface area contributed by atoms with Crippen molar-refractivity contribution in [2.45, 2.75) is 71.6 Å². The van der Waals surface area contributed by atoms with Gasteiger partial charge >= 0.3 is 12.1 Å². The van der Waals surface area contributed by atoms with Crippen molar-refractivity contribution in [2.24, 2.45) is 11.3 Å². The summed E-state index contributed by atoms with van der Waals surface area (Å²) in [7, 11) is 0. The molecule has 214 valence electrons. The van der Waals surface area contributed by atoms with E-state index in [1.54, 1.807) is 37.3 Å². The monoisotopic (exact) mass is 574 g/mol. The average Bonchev–Trinajstić information content (AvgIpc) is 3.48. The minimum absolute atomic E-state index is 0.0876. The van der Waals surface area contributed by atoms with Crippen LogP contribution in [0, 0.1) is 11.3 Å². The normalized spacial score (nSPS) is 20.7. The Labute approximate surface area is 235 Å². The van der Waals surface area contributed by atoms with E-state index in [2.05, 4.69) is 36.5 Å². The lowest BCUT2D eigenvalue weighted by atomic mass is 9.72. The van der Waals surface area contributed by atoms with Gasteiger partial charge in [0.1, 0.15) is 10.8 Å². The Bertz CT molecular complexity index is 1410. The maximum atomic E-state index is 14.1. The predicted molar refractivity (Wildman–Crippen MR) is 148 cm³/mol. The maximum Gasteiger partial charge on any atom is 0.410 e. The first-order valence-electron chi connectivity index (χ1n) is 13.5. The fourth-order valence-electron chi connectivity index (χ4n) is 5.59. The number of aromatic nitrogens is 2. The van der Waals surface area contributed by atoms with Gasteiger partial charge in [-0.3, -0.25) is 4.79 Å². The van der Waals surface area contributed by atoms with Gasteiger partial charge in [0.25, 0.3) is 5.91 Å². The van der Waals surface area contributed by atoms with Crippen molar-refractivity contribution in [3.05, 3.63) is 63.7 Å². The van der Waals surface area contributed by atoms with Crippen molar-refractivity contribution >= 4 is 34.0 Å². The van der Waals surface area contributed by atoms with Crippen molar-refractivity contribution in [1.82, 2.24) is 9.78 Å². The lowest BCUT2D eigenvalue weighted by Gasteiger charge is -2.33. The van der Waals surface area contributed by atoms with Gasteiger partial charge in [0.15, 0.2) is 11.7 Å². The van der Waals surface area contributed by atoms with Gasteiger partial charge in [-0.1, -0.05) is 51.1 Å². The third kappa shape index (κ3) is 5.48. The van der Waals surface area contributed by atoms with E-state index in [0.717, 1.165) is 28.0 Å². The smallest absolute Gasteiger partial charge is 0.410 e. The van der Waals surface area contributed by atoms with Gasteiger partial charge < -0.3 is 15.4 Å². The molecular formula is C29H33F3N4O3S. The molecule has 0 radical (unpaired) electrons. The standard InChI is InChI=1S/C29H33F3N4O3S/c1-5-39-27(38)24-18-12-11-17(28(2,3)4)13-21(18)40-26(24)34-25(37)20-15-23-33-19(16-9-7-6-8-10-16)14-22(29(30,31)32)36(23)35-20/h6-10,15,17,19,22,33H,5,11-14H2,1-4H3,(H,34,37)/t17-,19-,22+/m1/s1. The van der Waals surface area contributed by atoms with Crippen molar-refractivity contribution in [2.75, 3.05) is 17.2 Å². The number of esters is 1. The van der Waals surface area contributed by atoms with Crippen LogP contribution in [0.3, 0.4) is 0 Å². The fourth-order valence-corrected chi connectivity index (χ4v) is 6.90. The molecule has 3 aromatic rings. The number of alkyl halides is 3. The van der Waals surface area contributed by atoms with Crippen molar-refractivity contribution < 1.29 is 27.5 Å². The van der Waals surface area contributed by atoms with Crippen molar-refractivity contribution in [3.8, 4) is 0 Å². The number of anilines is 2. The summed E-state index contributed by atoms with van der Waals surface area (Å²) >= 11 is 1.33. The summed E-state index contributed by atoms with van der Waals surface area (Å²) in [5.74, 6) is -0.674. The summed E-state index contributed by atoms with van der Waals surface area (Å²) in [6.45, 7) is 8.47. The zero-order valence-electron chi connectivity index (χ0n) is 22.9. The fraction of sp³-hybridized carbons (Fsp3) is 0.483. The summed E-state index contributed by atoms with van der Waals surface area (Å²) < 4.78 is 48.4. The maximum absolute atomic E-state index is 14.1. The number of benzene rings is 1. The molecule has 1 aliphatic heterocycles. The number of halogens is 3. The molecule has 1 aliphatic carbocycles. The number of ether oxygens (including phenoxy) is 1. The molecule has 1 aromatic carbocycles. The summed E-state index contributed by atoms with van der Waals surface area (Å²) in [6, 6.07) is 7.73. The minimum atomic E-state index is -4.56. The van der Waals surface area contributed by atoms with Gasteiger partial charge in [0.2, 0.25) is 0 Å². The topological polar surface area (TPSA) is 85.2 Å². The van der Waals surface area contributed by atoms with E-state index in [1.165, 1.54) is 17.4 Å². The van der Waals surface area contributed by atoms with E-state index in [4.69, 9.17) is 4.74 Å². The number of thiophene rings is 1. The van der Waals surface area contributed by atoms with Crippen LogP contribution in [-0.4, -0.2) is 34.4 Å². The number of rotatable bonds is 5. The number of hydrogen-bond donors (Lipinski definition) is 2. The quantitative estimate of drug-likeness (QED) is 0.315. The van der Waals surface area contributed by atoms with E-state index in [0.29, 0.717) is 28.5 Å². The number of nitrogens with zero attached hydrogens (tertiary/aromatic N) is 2. The average molecular weight is 575 g/mol. The van der Waals surface area contributed by atoms with E-state index in [9.17, 15) is 22.8 Å². The zero-order chi connectivity index (χ0) is 28.8. The molecule has 1 amide bonds. The molecule has 11 heteroatoms. The first-order valence-corrected chi connectivity index (χ1v) is 14.3. The third-order valence-electron chi connectivity index (χ3n) is 7.82. The van der Waals surface area contributed by atoms with E-state index in [-0.39, 0.29) is 30.0 Å². The predicted octanol–water partition coefficient (Wildman–Crippen LogP) is 7.18. The molecule has 2 aliphatic rings. The molecular weight excluding hydrogens is 541 g/mol. The summed E-state index contributed by atoms with van der Waals surface area (Å²) in [4.78, 5) is 27.4. The van der Waals surface area contributed by atoms with Gasteiger partial charge in [-0.05, 0) is 48.6 Å². The number of carbonyl (C=O) groups is 2. The number of amides is 1. The largest absolute Gasteiger partial charge is 0.462 e. The molecule has 2 aromatic heterocycles. The third-order valence-corrected chi connectivity index (χ3v) is 8.99. The number of fused-ring (bicyclic) bond motifs is 2. The highest BCUT2D eigenvalue weighted by Crippen LogP contribution is 2.46. The number of hydrogen-bond acceptors (Lipinski definition) is 6. The van der Waals surface area contributed by atoms with Gasteiger partial charge in [-0.15, -0.1) is 11.3 Å². The second kappa shape index (κ2) is 10.6. The van der Waals surface area contributed by atoms with E-state index < -0.39 is 30.1 Å². The summed E-state index contributed by atoms with van der Waals surface area (Å²) in [5.41, 5.74) is 1.85. The van der Waals surface area contributed by atoms with Crippen LogP contribution in [0.25, 0.3) is 0 Å². The van der Waals surface area contributed by atoms with Crippen LogP contribution >= 0.6 is 11.3 Å². The Morgan fingerprint density at radius 3 is 2.58 bits per heavy atom. The van der Waals surface area contributed by atoms with Gasteiger partial charge in [-0.25, -0.2) is 9.48 Å². The van der Waals surface area contributed by atoms with Gasteiger partial charge in [0.05, 0.1) is 18.2 Å². The van der Waals surface area contributed by atoms with Crippen LogP contribution in [0.15, 0.2) is 36.4 Å². The van der Waals surface area contributed by atoms with Crippen LogP contribution in [0.5, 0.6) is 0 Å². The Kier molecular flexibility index (Phi) is 7.45. The van der Waals surface area contributed by atoms with Crippen LogP contribution < -0.4 is 10.6 Å². The SMILES string of the molecule is CCOC(=O)c1c(NC(=O)c2cc3n(n2)[C@H](C(F)(F)F)C[C@H](c2ccccc2)N3)sc2c1CC[C@@H](C(C)(C)C)C2. The van der Waals surface area contributed by atoms with E-state index in [1.807, 2.05) is 0 Å². The first-order chi connectivity index (χ1) is 18.9. The number of carbonyl (C=O) groups excluding carboxylic acids is 2. The molecule has 2 N–H and O–H groups in total. The Hall–Kier alpha value is -3.34. The van der Waals surface area contributed by atoms with Crippen molar-refractivity contribution in [1.29, 1.82) is 0 Å². The first kappa shape index (κ1) is 28.2. The molecule has 7 nitrogen and oxygen atoms in total. The number of nitrogens with one attached hydrogen (secondary N) is 2. The van der Waals surface area contributed by atoms with Crippen molar-refractivity contribution in [3.63, 3.8) is 0 Å². The minimum Gasteiger partial charge on any atom is -0.462 e. The molecule has 0 spiro atoms.